The summed E-state index contributed by atoms with van der Waals surface area (Å²) in [7, 11) is 1.61. The van der Waals surface area contributed by atoms with Gasteiger partial charge in [0.1, 0.15) is 5.82 Å². The number of aromatic amines is 1. The van der Waals surface area contributed by atoms with Gasteiger partial charge in [0.15, 0.2) is 5.65 Å². The van der Waals surface area contributed by atoms with Gasteiger partial charge >= 0.3 is 5.69 Å². The molecule has 2 rings (SSSR count). The van der Waals surface area contributed by atoms with E-state index in [1.807, 2.05) is 13.8 Å². The Balaban J connectivity index is 2.71. The molecule has 0 spiro atoms. The molecule has 1 N–H and O–H groups in total. The molecule has 0 aliphatic heterocycles. The third-order valence-electron chi connectivity index (χ3n) is 2.29. The van der Waals surface area contributed by atoms with E-state index in [0.717, 1.165) is 5.69 Å². The first-order chi connectivity index (χ1) is 7.63. The van der Waals surface area contributed by atoms with Crippen LogP contribution in [0.1, 0.15) is 31.3 Å². The van der Waals surface area contributed by atoms with Gasteiger partial charge in [0.2, 0.25) is 0 Å². The molecule has 2 heterocycles. The molecule has 6 nitrogen and oxygen atoms in total. The van der Waals surface area contributed by atoms with Crippen molar-refractivity contribution in [2.75, 3.05) is 7.11 Å². The van der Waals surface area contributed by atoms with Crippen LogP contribution in [0.25, 0.3) is 5.65 Å². The van der Waals surface area contributed by atoms with Crippen LogP contribution in [0.15, 0.2) is 10.9 Å². The van der Waals surface area contributed by atoms with Crippen molar-refractivity contribution in [1.29, 1.82) is 0 Å². The standard InChI is InChI=1S/C10H14N4O2/c1-6(2)9-11-7(5-16-3)4-8-12-13-10(15)14(8)9/h4,6H,5H2,1-3H3,(H,13,15). The van der Waals surface area contributed by atoms with Crippen molar-refractivity contribution in [3.8, 4) is 0 Å². The molecule has 0 radical (unpaired) electrons. The molecular formula is C10H14N4O2. The Morgan fingerprint density at radius 1 is 1.56 bits per heavy atom. The Morgan fingerprint density at radius 3 is 2.94 bits per heavy atom. The van der Waals surface area contributed by atoms with E-state index < -0.39 is 0 Å². The second-order valence-electron chi connectivity index (χ2n) is 3.92. The Kier molecular flexibility index (Phi) is 2.74. The summed E-state index contributed by atoms with van der Waals surface area (Å²) in [6.45, 7) is 4.38. The lowest BCUT2D eigenvalue weighted by molar-refractivity contribution is 0.181. The van der Waals surface area contributed by atoms with Gasteiger partial charge < -0.3 is 4.74 Å². The Morgan fingerprint density at radius 2 is 2.31 bits per heavy atom. The average Bonchev–Trinajstić information content (AvgIpc) is 2.60. The average molecular weight is 222 g/mol. The topological polar surface area (TPSA) is 72.3 Å². The first-order valence-corrected chi connectivity index (χ1v) is 5.09. The van der Waals surface area contributed by atoms with E-state index in [4.69, 9.17) is 4.74 Å². The highest BCUT2D eigenvalue weighted by molar-refractivity contribution is 5.38. The van der Waals surface area contributed by atoms with Crippen molar-refractivity contribution in [2.24, 2.45) is 0 Å². The molecule has 0 atom stereocenters. The normalized spacial score (nSPS) is 11.5. The number of nitrogens with one attached hydrogen (secondary N) is 1. The first kappa shape index (κ1) is 10.8. The zero-order chi connectivity index (χ0) is 11.7. The summed E-state index contributed by atoms with van der Waals surface area (Å²) in [6.07, 6.45) is 0. The van der Waals surface area contributed by atoms with E-state index in [9.17, 15) is 4.79 Å². The number of methoxy groups -OCH3 is 1. The van der Waals surface area contributed by atoms with E-state index >= 15 is 0 Å². The molecule has 0 aliphatic carbocycles. The van der Waals surface area contributed by atoms with Gasteiger partial charge in [0.25, 0.3) is 0 Å². The highest BCUT2D eigenvalue weighted by atomic mass is 16.5. The number of fused-ring (bicyclic) bond motifs is 1. The van der Waals surface area contributed by atoms with Crippen LogP contribution in [0.4, 0.5) is 0 Å². The van der Waals surface area contributed by atoms with Crippen LogP contribution in [0.3, 0.4) is 0 Å². The van der Waals surface area contributed by atoms with Gasteiger partial charge in [-0.3, -0.25) is 0 Å². The predicted molar refractivity (Wildman–Crippen MR) is 58.4 cm³/mol. The monoisotopic (exact) mass is 222 g/mol. The van der Waals surface area contributed by atoms with Crippen molar-refractivity contribution in [3.05, 3.63) is 28.1 Å². The molecule has 0 saturated carbocycles. The highest BCUT2D eigenvalue weighted by Gasteiger charge is 2.12. The molecular weight excluding hydrogens is 208 g/mol. The van der Waals surface area contributed by atoms with Crippen LogP contribution < -0.4 is 5.69 Å². The second kappa shape index (κ2) is 4.05. The SMILES string of the molecule is COCc1cc2n[nH]c(=O)n2c(C(C)C)n1. The number of rotatable bonds is 3. The third kappa shape index (κ3) is 1.71. The van der Waals surface area contributed by atoms with Crippen molar-refractivity contribution in [1.82, 2.24) is 19.6 Å². The molecule has 2 aromatic rings. The van der Waals surface area contributed by atoms with Gasteiger partial charge in [-0.05, 0) is 0 Å². The zero-order valence-corrected chi connectivity index (χ0v) is 9.52. The molecule has 0 saturated heterocycles. The van der Waals surface area contributed by atoms with E-state index in [0.29, 0.717) is 18.1 Å². The van der Waals surface area contributed by atoms with Crippen molar-refractivity contribution < 1.29 is 4.74 Å². The maximum atomic E-state index is 11.5. The van der Waals surface area contributed by atoms with Crippen LogP contribution in [-0.4, -0.2) is 26.7 Å². The fourth-order valence-corrected chi connectivity index (χ4v) is 1.61. The van der Waals surface area contributed by atoms with E-state index in [2.05, 4.69) is 15.2 Å². The third-order valence-corrected chi connectivity index (χ3v) is 2.29. The number of hydrogen-bond acceptors (Lipinski definition) is 4. The summed E-state index contributed by atoms with van der Waals surface area (Å²) in [5, 5.41) is 6.35. The minimum Gasteiger partial charge on any atom is -0.378 e. The summed E-state index contributed by atoms with van der Waals surface area (Å²) >= 11 is 0. The quantitative estimate of drug-likeness (QED) is 0.829. The minimum atomic E-state index is -0.254. The van der Waals surface area contributed by atoms with Gasteiger partial charge in [-0.25, -0.2) is 19.3 Å². The molecule has 0 unspecified atom stereocenters. The number of nitrogens with zero attached hydrogens (tertiary/aromatic N) is 3. The Bertz CT molecular complexity index is 555. The molecule has 0 aliphatic rings. The molecule has 6 heteroatoms. The second-order valence-corrected chi connectivity index (χ2v) is 3.92. The predicted octanol–water partition coefficient (Wildman–Crippen LogP) is 0.687. The molecule has 0 bridgehead atoms. The van der Waals surface area contributed by atoms with Crippen LogP contribution >= 0.6 is 0 Å². The van der Waals surface area contributed by atoms with E-state index in [-0.39, 0.29) is 11.6 Å². The minimum absolute atomic E-state index is 0.148. The molecule has 0 fully saturated rings. The first-order valence-electron chi connectivity index (χ1n) is 5.09. The molecule has 2 aromatic heterocycles. The van der Waals surface area contributed by atoms with Crippen LogP contribution in [0, 0.1) is 0 Å². The molecule has 0 aromatic carbocycles. The maximum Gasteiger partial charge on any atom is 0.349 e. The summed E-state index contributed by atoms with van der Waals surface area (Å²) in [5.41, 5.74) is 1.10. The van der Waals surface area contributed by atoms with E-state index in [1.165, 1.54) is 4.40 Å². The smallest absolute Gasteiger partial charge is 0.349 e. The van der Waals surface area contributed by atoms with Gasteiger partial charge in [0.05, 0.1) is 12.3 Å². The summed E-state index contributed by atoms with van der Waals surface area (Å²) in [4.78, 5) is 15.9. The lowest BCUT2D eigenvalue weighted by Gasteiger charge is -2.08. The fraction of sp³-hybridized carbons (Fsp3) is 0.500. The van der Waals surface area contributed by atoms with Crippen LogP contribution in [0.2, 0.25) is 0 Å². The Labute approximate surface area is 92.3 Å². The number of hydrogen-bond donors (Lipinski definition) is 1. The molecule has 16 heavy (non-hydrogen) atoms. The van der Waals surface area contributed by atoms with Crippen LogP contribution in [0.5, 0.6) is 0 Å². The van der Waals surface area contributed by atoms with Crippen molar-refractivity contribution >= 4 is 5.65 Å². The van der Waals surface area contributed by atoms with Gasteiger partial charge in [-0.2, -0.15) is 5.10 Å². The summed E-state index contributed by atoms with van der Waals surface area (Å²) in [6, 6.07) is 1.74. The van der Waals surface area contributed by atoms with Gasteiger partial charge in [-0.1, -0.05) is 13.8 Å². The highest BCUT2D eigenvalue weighted by Crippen LogP contribution is 2.13. The van der Waals surface area contributed by atoms with Crippen molar-refractivity contribution in [3.63, 3.8) is 0 Å². The lowest BCUT2D eigenvalue weighted by atomic mass is 10.2. The fourth-order valence-electron chi connectivity index (χ4n) is 1.61. The zero-order valence-electron chi connectivity index (χ0n) is 9.52. The van der Waals surface area contributed by atoms with E-state index in [1.54, 1.807) is 13.2 Å². The number of ether oxygens (including phenoxy) is 1. The van der Waals surface area contributed by atoms with Gasteiger partial charge in [-0.15, -0.1) is 0 Å². The molecule has 86 valence electrons. The van der Waals surface area contributed by atoms with Crippen LogP contribution in [-0.2, 0) is 11.3 Å². The van der Waals surface area contributed by atoms with Crippen molar-refractivity contribution in [2.45, 2.75) is 26.4 Å². The number of H-pyrrole nitrogens is 1. The largest absolute Gasteiger partial charge is 0.378 e. The summed E-state index contributed by atoms with van der Waals surface area (Å²) < 4.78 is 6.52. The lowest BCUT2D eigenvalue weighted by Crippen LogP contribution is -2.17. The summed E-state index contributed by atoms with van der Waals surface area (Å²) in [5.74, 6) is 0.845. The molecule has 0 amide bonds. The Hall–Kier alpha value is -1.69. The number of aromatic nitrogens is 4. The van der Waals surface area contributed by atoms with Gasteiger partial charge in [0, 0.05) is 19.1 Å². The maximum absolute atomic E-state index is 11.5.